The molecule has 146 valence electrons. The largest absolute Gasteiger partial charge is 0.483 e. The third kappa shape index (κ3) is 7.47. The highest BCUT2D eigenvalue weighted by atomic mass is 79.9. The smallest absolute Gasteiger partial charge is 0.290 e. The van der Waals surface area contributed by atoms with Crippen molar-refractivity contribution in [1.82, 2.24) is 4.72 Å². The Morgan fingerprint density at radius 2 is 1.67 bits per heavy atom. The van der Waals surface area contributed by atoms with Crippen molar-refractivity contribution in [3.8, 4) is 0 Å². The van der Waals surface area contributed by atoms with Crippen LogP contribution in [0.4, 0.5) is 5.69 Å². The molecule has 8 nitrogen and oxygen atoms in total. The van der Waals surface area contributed by atoms with E-state index in [1.165, 1.54) is 24.3 Å². The van der Waals surface area contributed by atoms with Gasteiger partial charge in [-0.3, -0.25) is 9.59 Å². The van der Waals surface area contributed by atoms with Crippen LogP contribution in [-0.2, 0) is 14.8 Å². The summed E-state index contributed by atoms with van der Waals surface area (Å²) in [6, 6.07) is 12.1. The van der Waals surface area contributed by atoms with Crippen molar-refractivity contribution < 1.29 is 28.2 Å². The summed E-state index contributed by atoms with van der Waals surface area (Å²) in [5.41, 5.74) is 0.977. The van der Waals surface area contributed by atoms with Crippen molar-refractivity contribution in [2.24, 2.45) is 0 Å². The number of benzene rings is 2. The fraction of sp³-hybridized carbons (Fsp3) is 0.176. The number of amides is 1. The molecule has 0 saturated carbocycles. The van der Waals surface area contributed by atoms with Crippen LogP contribution in [0.1, 0.15) is 17.3 Å². The Kier molecular flexibility index (Phi) is 9.09. The maximum Gasteiger partial charge on any atom is 0.290 e. The lowest BCUT2D eigenvalue weighted by Crippen LogP contribution is -2.35. The van der Waals surface area contributed by atoms with Crippen LogP contribution in [0.3, 0.4) is 0 Å². The predicted octanol–water partition coefficient (Wildman–Crippen LogP) is 2.06. The highest BCUT2D eigenvalue weighted by Gasteiger charge is 2.17. The molecule has 0 heterocycles. The lowest BCUT2D eigenvalue weighted by molar-refractivity contribution is -0.122. The van der Waals surface area contributed by atoms with Gasteiger partial charge in [-0.2, -0.15) is 0 Å². The van der Waals surface area contributed by atoms with Crippen LogP contribution in [0.15, 0.2) is 57.9 Å². The van der Waals surface area contributed by atoms with E-state index in [0.29, 0.717) is 11.3 Å². The summed E-state index contributed by atoms with van der Waals surface area (Å²) in [4.78, 5) is 20.6. The molecule has 2 rings (SSSR count). The summed E-state index contributed by atoms with van der Waals surface area (Å²) in [5.74, 6) is -0.335. The maximum absolute atomic E-state index is 12.2. The first-order valence-electron chi connectivity index (χ1n) is 7.61. The fourth-order valence-corrected chi connectivity index (χ4v) is 3.39. The number of halogens is 1. The van der Waals surface area contributed by atoms with E-state index in [0.717, 1.165) is 4.47 Å². The van der Waals surface area contributed by atoms with E-state index in [2.05, 4.69) is 26.0 Å². The minimum Gasteiger partial charge on any atom is -0.483 e. The predicted molar refractivity (Wildman–Crippen MR) is 104 cm³/mol. The number of anilines is 1. The number of hydrogen-bond acceptors (Lipinski definition) is 5. The zero-order valence-electron chi connectivity index (χ0n) is 14.3. The average Bonchev–Trinajstić information content (AvgIpc) is 2.64. The number of aliphatic hydroxyl groups is 1. The van der Waals surface area contributed by atoms with Crippen LogP contribution in [-0.4, -0.2) is 43.7 Å². The third-order valence-electron chi connectivity index (χ3n) is 3.16. The van der Waals surface area contributed by atoms with Crippen molar-refractivity contribution in [2.75, 3.05) is 11.9 Å². The number of aliphatic hydroxyl groups excluding tert-OH is 1. The quantitative estimate of drug-likeness (QED) is 0.489. The Morgan fingerprint density at radius 1 is 1.15 bits per heavy atom. The van der Waals surface area contributed by atoms with Gasteiger partial charge in [0.25, 0.3) is 12.4 Å². The van der Waals surface area contributed by atoms with E-state index < -0.39 is 16.1 Å². The molecule has 27 heavy (non-hydrogen) atoms. The maximum atomic E-state index is 12.2. The Labute approximate surface area is 165 Å². The van der Waals surface area contributed by atoms with Gasteiger partial charge in [0, 0.05) is 21.8 Å². The number of rotatable bonds is 6. The third-order valence-corrected chi connectivity index (χ3v) is 5.29. The minimum absolute atomic E-state index is 0.0305. The van der Waals surface area contributed by atoms with Gasteiger partial charge in [-0.05, 0) is 55.5 Å². The number of nitrogens with one attached hydrogen (secondary N) is 2. The van der Waals surface area contributed by atoms with E-state index in [-0.39, 0.29) is 23.9 Å². The van der Waals surface area contributed by atoms with Crippen molar-refractivity contribution in [3.63, 3.8) is 0 Å². The summed E-state index contributed by atoms with van der Waals surface area (Å²) in [7, 11) is -3.72. The molecule has 4 N–H and O–H groups in total. The molecule has 10 heteroatoms. The van der Waals surface area contributed by atoms with Gasteiger partial charge in [-0.25, -0.2) is 13.1 Å². The van der Waals surface area contributed by atoms with Crippen LogP contribution < -0.4 is 10.0 Å². The summed E-state index contributed by atoms with van der Waals surface area (Å²) < 4.78 is 27.4. The first-order valence-corrected chi connectivity index (χ1v) is 9.89. The number of sulfonamides is 1. The topological polar surface area (TPSA) is 133 Å². The van der Waals surface area contributed by atoms with E-state index in [4.69, 9.17) is 15.0 Å². The number of carbonyl (C=O) groups is 2. The van der Waals surface area contributed by atoms with E-state index in [1.807, 2.05) is 0 Å². The molecule has 0 saturated heterocycles. The normalized spacial score (nSPS) is 11.7. The van der Waals surface area contributed by atoms with Gasteiger partial charge < -0.3 is 15.5 Å². The van der Waals surface area contributed by atoms with Crippen LogP contribution in [0.2, 0.25) is 0 Å². The van der Waals surface area contributed by atoms with Crippen molar-refractivity contribution in [3.05, 3.63) is 58.6 Å². The van der Waals surface area contributed by atoms with Crippen molar-refractivity contribution >= 4 is 44.0 Å². The molecule has 0 aliphatic rings. The van der Waals surface area contributed by atoms with Crippen LogP contribution in [0.25, 0.3) is 0 Å². The molecular formula is C17H19BrN2O6S. The van der Waals surface area contributed by atoms with Gasteiger partial charge in [0.15, 0.2) is 0 Å². The average molecular weight is 459 g/mol. The standard InChI is InChI=1S/C16H17BrN2O4S.CH2O2/c1-11(10-20)19-24(22,23)15-8-2-12(3-9-15)16(21)18-14-6-4-13(17)5-7-14;2-1-3/h2-9,11,19-20H,10H2,1H3,(H,18,21);1H,(H,2,3). The molecule has 1 atom stereocenters. The van der Waals surface area contributed by atoms with Crippen LogP contribution in [0, 0.1) is 0 Å². The molecule has 1 unspecified atom stereocenters. The highest BCUT2D eigenvalue weighted by Crippen LogP contribution is 2.16. The molecule has 0 aromatic heterocycles. The second-order valence-electron chi connectivity index (χ2n) is 5.30. The number of carboxylic acid groups (broad SMARTS) is 1. The minimum atomic E-state index is -3.72. The molecule has 1 amide bonds. The number of carbonyl (C=O) groups excluding carboxylic acids is 1. The van der Waals surface area contributed by atoms with Gasteiger partial charge in [0.05, 0.1) is 11.5 Å². The zero-order valence-corrected chi connectivity index (χ0v) is 16.7. The monoisotopic (exact) mass is 458 g/mol. The summed E-state index contributed by atoms with van der Waals surface area (Å²) >= 11 is 3.31. The Bertz CT molecular complexity index is 854. The van der Waals surface area contributed by atoms with Gasteiger partial charge in [-0.1, -0.05) is 15.9 Å². The fourth-order valence-electron chi connectivity index (χ4n) is 1.89. The molecule has 2 aromatic carbocycles. The first kappa shape index (κ1) is 22.8. The Balaban J connectivity index is 0.00000114. The molecule has 0 bridgehead atoms. The summed E-state index contributed by atoms with van der Waals surface area (Å²) in [6.45, 7) is 1.00. The van der Waals surface area contributed by atoms with Crippen LogP contribution in [0.5, 0.6) is 0 Å². The number of hydrogen-bond donors (Lipinski definition) is 4. The van der Waals surface area contributed by atoms with Gasteiger partial charge >= 0.3 is 0 Å². The lowest BCUT2D eigenvalue weighted by atomic mass is 10.2. The van der Waals surface area contributed by atoms with Crippen molar-refractivity contribution in [1.29, 1.82) is 0 Å². The zero-order chi connectivity index (χ0) is 20.4. The lowest BCUT2D eigenvalue weighted by Gasteiger charge is -2.12. The van der Waals surface area contributed by atoms with Gasteiger partial charge in [0.2, 0.25) is 10.0 Å². The molecule has 0 fully saturated rings. The summed E-state index contributed by atoms with van der Waals surface area (Å²) in [6.07, 6.45) is 0. The molecule has 0 spiro atoms. The molecule has 2 aromatic rings. The van der Waals surface area contributed by atoms with Gasteiger partial charge in [-0.15, -0.1) is 0 Å². The van der Waals surface area contributed by atoms with Gasteiger partial charge in [0.1, 0.15) is 0 Å². The molecular weight excluding hydrogens is 440 g/mol. The first-order chi connectivity index (χ1) is 12.7. The van der Waals surface area contributed by atoms with E-state index >= 15 is 0 Å². The highest BCUT2D eigenvalue weighted by molar-refractivity contribution is 9.10. The molecule has 0 radical (unpaired) electrons. The van der Waals surface area contributed by atoms with Crippen molar-refractivity contribution in [2.45, 2.75) is 17.9 Å². The Hall–Kier alpha value is -2.27. The second-order valence-corrected chi connectivity index (χ2v) is 7.93. The van der Waals surface area contributed by atoms with E-state index in [9.17, 15) is 13.2 Å². The molecule has 0 aliphatic carbocycles. The Morgan fingerprint density at radius 3 is 2.15 bits per heavy atom. The van der Waals surface area contributed by atoms with Crippen LogP contribution >= 0.6 is 15.9 Å². The SMILES string of the molecule is CC(CO)NS(=O)(=O)c1ccc(C(=O)Nc2ccc(Br)cc2)cc1.O=CO. The summed E-state index contributed by atoms with van der Waals surface area (Å²) in [5, 5.41) is 18.6. The van der Waals surface area contributed by atoms with E-state index in [1.54, 1.807) is 31.2 Å². The molecule has 0 aliphatic heterocycles. The second kappa shape index (κ2) is 10.8.